The molecule has 1 aliphatic rings. The van der Waals surface area contributed by atoms with Gasteiger partial charge < -0.3 is 19.7 Å². The van der Waals surface area contributed by atoms with E-state index >= 15 is 0 Å². The summed E-state index contributed by atoms with van der Waals surface area (Å²) in [7, 11) is 0. The lowest BCUT2D eigenvalue weighted by Crippen LogP contribution is -2.40. The van der Waals surface area contributed by atoms with Crippen molar-refractivity contribution >= 4 is 6.03 Å². The molecule has 150 valence electrons. The average Bonchev–Trinajstić information content (AvgIpc) is 3.13. The van der Waals surface area contributed by atoms with E-state index in [1.807, 2.05) is 19.1 Å². The van der Waals surface area contributed by atoms with Crippen LogP contribution in [0.4, 0.5) is 18.0 Å². The number of carbonyl (C=O) groups is 1. The highest BCUT2D eigenvalue weighted by Crippen LogP contribution is 2.33. The van der Waals surface area contributed by atoms with Gasteiger partial charge in [-0.2, -0.15) is 13.2 Å². The lowest BCUT2D eigenvalue weighted by molar-refractivity contribution is -0.137. The third-order valence-corrected chi connectivity index (χ3v) is 4.56. The molecule has 28 heavy (non-hydrogen) atoms. The van der Waals surface area contributed by atoms with Gasteiger partial charge in [0.05, 0.1) is 11.6 Å². The first-order valence-electron chi connectivity index (χ1n) is 8.89. The van der Waals surface area contributed by atoms with Gasteiger partial charge in [0.25, 0.3) is 0 Å². The lowest BCUT2D eigenvalue weighted by atomic mass is 10.1. The van der Waals surface area contributed by atoms with Gasteiger partial charge in [0, 0.05) is 13.1 Å². The Balaban J connectivity index is 1.63. The van der Waals surface area contributed by atoms with E-state index in [1.54, 1.807) is 17.9 Å². The quantitative estimate of drug-likeness (QED) is 0.798. The predicted molar refractivity (Wildman–Crippen MR) is 97.0 cm³/mol. The van der Waals surface area contributed by atoms with Gasteiger partial charge in [-0.1, -0.05) is 18.2 Å². The minimum absolute atomic E-state index is 0.182. The molecule has 0 spiro atoms. The maximum atomic E-state index is 12.7. The molecule has 0 aromatic heterocycles. The zero-order valence-corrected chi connectivity index (χ0v) is 15.5. The summed E-state index contributed by atoms with van der Waals surface area (Å²) in [5.74, 6) is 1.32. The molecule has 0 saturated carbocycles. The van der Waals surface area contributed by atoms with Crippen molar-refractivity contribution in [3.63, 3.8) is 0 Å². The van der Waals surface area contributed by atoms with Crippen molar-refractivity contribution in [1.29, 1.82) is 0 Å². The number of fused-ring (bicyclic) bond motifs is 1. The first-order valence-corrected chi connectivity index (χ1v) is 8.89. The van der Waals surface area contributed by atoms with Gasteiger partial charge in [-0.05, 0) is 49.2 Å². The van der Waals surface area contributed by atoms with E-state index < -0.39 is 17.8 Å². The number of amides is 2. The monoisotopic (exact) mass is 394 g/mol. The van der Waals surface area contributed by atoms with E-state index in [9.17, 15) is 18.0 Å². The molecular formula is C20H21F3N2O3. The van der Waals surface area contributed by atoms with Crippen LogP contribution in [-0.4, -0.2) is 24.3 Å². The Hall–Kier alpha value is -2.90. The summed E-state index contributed by atoms with van der Waals surface area (Å²) in [5, 5.41) is 2.83. The van der Waals surface area contributed by atoms with Crippen LogP contribution in [0.25, 0.3) is 0 Å². The number of benzene rings is 2. The summed E-state index contributed by atoms with van der Waals surface area (Å²) in [5.41, 5.74) is 0.775. The molecule has 0 aliphatic carbocycles. The van der Waals surface area contributed by atoms with E-state index in [1.165, 1.54) is 12.1 Å². The van der Waals surface area contributed by atoms with E-state index in [0.29, 0.717) is 30.2 Å². The summed E-state index contributed by atoms with van der Waals surface area (Å²) >= 11 is 0. The SMILES string of the molecule is CCN(Cc1ccc2c(c1)OCO2)C(=O)NC(C)c1ccc(C(F)(F)F)cc1. The predicted octanol–water partition coefficient (Wildman–Crippen LogP) is 4.73. The number of urea groups is 1. The molecule has 5 nitrogen and oxygen atoms in total. The number of hydrogen-bond donors (Lipinski definition) is 1. The van der Waals surface area contributed by atoms with Crippen molar-refractivity contribution < 1.29 is 27.4 Å². The van der Waals surface area contributed by atoms with Gasteiger partial charge >= 0.3 is 12.2 Å². The fourth-order valence-corrected chi connectivity index (χ4v) is 2.91. The maximum absolute atomic E-state index is 12.7. The van der Waals surface area contributed by atoms with Crippen LogP contribution in [0.3, 0.4) is 0 Å². The average molecular weight is 394 g/mol. The number of rotatable bonds is 5. The Morgan fingerprint density at radius 3 is 2.46 bits per heavy atom. The summed E-state index contributed by atoms with van der Waals surface area (Å²) in [6, 6.07) is 9.55. The first kappa shape index (κ1) is 19.9. The van der Waals surface area contributed by atoms with Crippen LogP contribution in [0.2, 0.25) is 0 Å². The largest absolute Gasteiger partial charge is 0.454 e. The van der Waals surface area contributed by atoms with Gasteiger partial charge in [-0.15, -0.1) is 0 Å². The van der Waals surface area contributed by atoms with E-state index in [4.69, 9.17) is 9.47 Å². The fraction of sp³-hybridized carbons (Fsp3) is 0.350. The molecule has 3 rings (SSSR count). The van der Waals surface area contributed by atoms with Gasteiger partial charge in [-0.3, -0.25) is 0 Å². The number of ether oxygens (including phenoxy) is 2. The van der Waals surface area contributed by atoms with Crippen LogP contribution >= 0.6 is 0 Å². The second-order valence-electron chi connectivity index (χ2n) is 6.49. The number of nitrogens with one attached hydrogen (secondary N) is 1. The molecule has 0 bridgehead atoms. The maximum Gasteiger partial charge on any atom is 0.416 e. The number of halogens is 3. The Bertz CT molecular complexity index is 838. The topological polar surface area (TPSA) is 50.8 Å². The third kappa shape index (κ3) is 4.49. The number of alkyl halides is 3. The van der Waals surface area contributed by atoms with Gasteiger partial charge in [0.15, 0.2) is 11.5 Å². The van der Waals surface area contributed by atoms with Crippen LogP contribution < -0.4 is 14.8 Å². The molecule has 2 amide bonds. The number of hydrogen-bond acceptors (Lipinski definition) is 3. The molecule has 0 fully saturated rings. The standard InChI is InChI=1S/C20H21F3N2O3/c1-3-25(11-14-4-9-17-18(10-14)28-12-27-17)19(26)24-13(2)15-5-7-16(8-6-15)20(21,22)23/h4-10,13H,3,11-12H2,1-2H3,(H,24,26). The van der Waals surface area contributed by atoms with Crippen molar-refractivity contribution in [3.05, 3.63) is 59.2 Å². The van der Waals surface area contributed by atoms with Crippen molar-refractivity contribution in [2.75, 3.05) is 13.3 Å². The van der Waals surface area contributed by atoms with E-state index in [0.717, 1.165) is 17.7 Å². The molecule has 1 unspecified atom stereocenters. The van der Waals surface area contributed by atoms with Crippen molar-refractivity contribution in [2.45, 2.75) is 32.6 Å². The summed E-state index contributed by atoms with van der Waals surface area (Å²) in [4.78, 5) is 14.2. The Morgan fingerprint density at radius 1 is 1.14 bits per heavy atom. The molecule has 1 N–H and O–H groups in total. The van der Waals surface area contributed by atoms with Crippen molar-refractivity contribution in [3.8, 4) is 11.5 Å². The van der Waals surface area contributed by atoms with E-state index in [2.05, 4.69) is 5.32 Å². The van der Waals surface area contributed by atoms with Crippen LogP contribution in [0, 0.1) is 0 Å². The van der Waals surface area contributed by atoms with Crippen LogP contribution in [0.15, 0.2) is 42.5 Å². The van der Waals surface area contributed by atoms with Crippen LogP contribution in [0.1, 0.15) is 36.6 Å². The van der Waals surface area contributed by atoms with E-state index in [-0.39, 0.29) is 12.8 Å². The molecule has 1 heterocycles. The van der Waals surface area contributed by atoms with Gasteiger partial charge in [-0.25, -0.2) is 4.79 Å². The molecule has 8 heteroatoms. The molecule has 2 aromatic rings. The Labute approximate surface area is 161 Å². The minimum Gasteiger partial charge on any atom is -0.454 e. The zero-order chi connectivity index (χ0) is 20.3. The fourth-order valence-electron chi connectivity index (χ4n) is 2.91. The molecule has 2 aromatic carbocycles. The smallest absolute Gasteiger partial charge is 0.416 e. The number of nitrogens with zero attached hydrogens (tertiary/aromatic N) is 1. The van der Waals surface area contributed by atoms with Gasteiger partial charge in [0.2, 0.25) is 6.79 Å². The summed E-state index contributed by atoms with van der Waals surface area (Å²) < 4.78 is 48.7. The Morgan fingerprint density at radius 2 is 1.82 bits per heavy atom. The lowest BCUT2D eigenvalue weighted by Gasteiger charge is -2.24. The number of carbonyl (C=O) groups excluding carboxylic acids is 1. The van der Waals surface area contributed by atoms with Crippen LogP contribution in [-0.2, 0) is 12.7 Å². The summed E-state index contributed by atoms with van der Waals surface area (Å²) in [6.45, 7) is 4.62. The zero-order valence-electron chi connectivity index (χ0n) is 15.5. The molecule has 0 radical (unpaired) electrons. The van der Waals surface area contributed by atoms with Crippen LogP contribution in [0.5, 0.6) is 11.5 Å². The molecule has 1 aliphatic heterocycles. The molecule has 1 atom stereocenters. The van der Waals surface area contributed by atoms with Gasteiger partial charge in [0.1, 0.15) is 0 Å². The first-order chi connectivity index (χ1) is 13.3. The molecular weight excluding hydrogens is 373 g/mol. The third-order valence-electron chi connectivity index (χ3n) is 4.56. The second kappa shape index (κ2) is 8.00. The highest BCUT2D eigenvalue weighted by atomic mass is 19.4. The van der Waals surface area contributed by atoms with Crippen molar-refractivity contribution in [1.82, 2.24) is 10.2 Å². The highest BCUT2D eigenvalue weighted by Gasteiger charge is 2.30. The van der Waals surface area contributed by atoms with Crippen molar-refractivity contribution in [2.24, 2.45) is 0 Å². The summed E-state index contributed by atoms with van der Waals surface area (Å²) in [6.07, 6.45) is -4.38. The second-order valence-corrected chi connectivity index (χ2v) is 6.49. The minimum atomic E-state index is -4.38. The highest BCUT2D eigenvalue weighted by molar-refractivity contribution is 5.74. The normalized spacial score (nSPS) is 13.9. The Kier molecular flexibility index (Phi) is 5.67. The molecule has 0 saturated heterocycles.